The normalized spacial score (nSPS) is 21.6. The van der Waals surface area contributed by atoms with Crippen LogP contribution in [0.25, 0.3) is 0 Å². The molecule has 25 heavy (non-hydrogen) atoms. The summed E-state index contributed by atoms with van der Waals surface area (Å²) in [6.07, 6.45) is 0. The highest BCUT2D eigenvalue weighted by atomic mass is 17.0. The molecule has 0 bridgehead atoms. The number of esters is 3. The molecule has 0 aromatic rings. The number of aliphatic hydroxyl groups is 1. The van der Waals surface area contributed by atoms with Gasteiger partial charge in [0.25, 0.3) is 0 Å². The Labute approximate surface area is 144 Å². The van der Waals surface area contributed by atoms with Crippen LogP contribution in [0.15, 0.2) is 36.5 Å². The number of ether oxygens (including phenoxy) is 5. The van der Waals surface area contributed by atoms with Gasteiger partial charge in [-0.25, -0.2) is 14.4 Å². The molecule has 9 nitrogen and oxygen atoms in total. The summed E-state index contributed by atoms with van der Waals surface area (Å²) in [6, 6.07) is 0. The minimum absolute atomic E-state index is 0.103. The van der Waals surface area contributed by atoms with E-state index in [0.29, 0.717) is 0 Å². The summed E-state index contributed by atoms with van der Waals surface area (Å²) < 4.78 is 24.8. The highest BCUT2D eigenvalue weighted by molar-refractivity contribution is 5.89. The average molecular weight is 356 g/mol. The first-order chi connectivity index (χ1) is 11.4. The van der Waals surface area contributed by atoms with Gasteiger partial charge in [-0.15, -0.1) is 0 Å². The van der Waals surface area contributed by atoms with Crippen LogP contribution in [0.4, 0.5) is 0 Å². The van der Waals surface area contributed by atoms with Gasteiger partial charge in [0.05, 0.1) is 13.2 Å². The van der Waals surface area contributed by atoms with E-state index in [9.17, 15) is 19.5 Å². The van der Waals surface area contributed by atoms with E-state index in [1.165, 1.54) is 20.8 Å². The lowest BCUT2D eigenvalue weighted by atomic mass is 10.3. The standard InChI is InChI=1S/C16H20O9/c1-9(2)12(17)23-15(20)16(22-8-7-21-15,24-13(18)10(3)4)25-14(19)11(5)6/h20H,1,3,5,7-8H2,2,4,6H3. The fourth-order valence-corrected chi connectivity index (χ4v) is 1.47. The maximum Gasteiger partial charge on any atom is 0.477 e. The largest absolute Gasteiger partial charge is 0.477 e. The van der Waals surface area contributed by atoms with E-state index >= 15 is 0 Å². The van der Waals surface area contributed by atoms with Crippen LogP contribution in [0.3, 0.4) is 0 Å². The molecule has 1 aliphatic heterocycles. The molecule has 138 valence electrons. The molecule has 0 radical (unpaired) electrons. The molecule has 9 heteroatoms. The summed E-state index contributed by atoms with van der Waals surface area (Å²) >= 11 is 0. The van der Waals surface area contributed by atoms with Crippen molar-refractivity contribution in [2.45, 2.75) is 32.7 Å². The molecule has 1 N–H and O–H groups in total. The van der Waals surface area contributed by atoms with E-state index in [-0.39, 0.29) is 29.9 Å². The highest BCUT2D eigenvalue weighted by Crippen LogP contribution is 2.37. The Morgan fingerprint density at radius 1 is 0.800 bits per heavy atom. The Kier molecular flexibility index (Phi) is 6.25. The molecule has 0 aromatic heterocycles. The van der Waals surface area contributed by atoms with E-state index in [1.54, 1.807) is 0 Å². The molecular formula is C16H20O9. The lowest BCUT2D eigenvalue weighted by Gasteiger charge is -2.43. The van der Waals surface area contributed by atoms with Gasteiger partial charge < -0.3 is 24.1 Å². The number of rotatable bonds is 6. The van der Waals surface area contributed by atoms with E-state index in [0.717, 1.165) is 0 Å². The molecule has 1 rings (SSSR count). The third-order valence-electron chi connectivity index (χ3n) is 2.79. The van der Waals surface area contributed by atoms with Gasteiger partial charge >= 0.3 is 29.9 Å². The highest BCUT2D eigenvalue weighted by Gasteiger charge is 2.67. The van der Waals surface area contributed by atoms with Crippen molar-refractivity contribution in [2.24, 2.45) is 0 Å². The van der Waals surface area contributed by atoms with E-state index in [2.05, 4.69) is 19.7 Å². The topological polar surface area (TPSA) is 118 Å². The van der Waals surface area contributed by atoms with Gasteiger partial charge in [-0.05, 0) is 20.8 Å². The fraction of sp³-hybridized carbons (Fsp3) is 0.438. The van der Waals surface area contributed by atoms with Gasteiger partial charge in [0.15, 0.2) is 0 Å². The lowest BCUT2D eigenvalue weighted by Crippen LogP contribution is -2.67. The first kappa shape index (κ1) is 20.6. The zero-order valence-corrected chi connectivity index (χ0v) is 14.2. The molecule has 1 aliphatic rings. The summed E-state index contributed by atoms with van der Waals surface area (Å²) in [5, 5.41) is 10.6. The maximum atomic E-state index is 11.9. The zero-order chi connectivity index (χ0) is 19.4. The van der Waals surface area contributed by atoms with Crippen LogP contribution in [-0.4, -0.2) is 48.2 Å². The van der Waals surface area contributed by atoms with Gasteiger partial charge in [0, 0.05) is 16.7 Å². The molecule has 0 spiro atoms. The van der Waals surface area contributed by atoms with Crippen molar-refractivity contribution >= 4 is 17.9 Å². The van der Waals surface area contributed by atoms with Gasteiger partial charge in [-0.1, -0.05) is 19.7 Å². The Hall–Kier alpha value is -2.49. The summed E-state index contributed by atoms with van der Waals surface area (Å²) in [4.78, 5) is 35.7. The van der Waals surface area contributed by atoms with Crippen molar-refractivity contribution < 1.29 is 43.2 Å². The molecule has 1 heterocycles. The molecule has 1 saturated heterocycles. The summed E-state index contributed by atoms with van der Waals surface area (Å²) in [6.45, 7) is 13.5. The Morgan fingerprint density at radius 3 is 1.56 bits per heavy atom. The van der Waals surface area contributed by atoms with Crippen molar-refractivity contribution in [2.75, 3.05) is 13.2 Å². The molecule has 0 aliphatic carbocycles. The SMILES string of the molecule is C=C(C)C(=O)OC1(O)OCCOC1(OC(=O)C(=C)C)OC(=O)C(=C)C. The van der Waals surface area contributed by atoms with Crippen LogP contribution in [0.1, 0.15) is 20.8 Å². The predicted octanol–water partition coefficient (Wildman–Crippen LogP) is 0.691. The van der Waals surface area contributed by atoms with Crippen molar-refractivity contribution in [3.63, 3.8) is 0 Å². The molecule has 0 saturated carbocycles. The predicted molar refractivity (Wildman–Crippen MR) is 82.3 cm³/mol. The second-order valence-corrected chi connectivity index (χ2v) is 5.34. The molecule has 1 atom stereocenters. The first-order valence-electron chi connectivity index (χ1n) is 7.11. The molecule has 1 fully saturated rings. The van der Waals surface area contributed by atoms with E-state index in [1.807, 2.05) is 0 Å². The monoisotopic (exact) mass is 356 g/mol. The number of hydrogen-bond acceptors (Lipinski definition) is 9. The van der Waals surface area contributed by atoms with Gasteiger partial charge in [-0.3, -0.25) is 4.74 Å². The smallest absolute Gasteiger partial charge is 0.396 e. The van der Waals surface area contributed by atoms with Crippen LogP contribution in [0.5, 0.6) is 0 Å². The first-order valence-corrected chi connectivity index (χ1v) is 7.11. The zero-order valence-electron chi connectivity index (χ0n) is 14.2. The van der Waals surface area contributed by atoms with Crippen LogP contribution < -0.4 is 0 Å². The second kappa shape index (κ2) is 7.60. The molecule has 1 unspecified atom stereocenters. The Bertz CT molecular complexity index is 606. The van der Waals surface area contributed by atoms with Crippen LogP contribution in [0, 0.1) is 0 Å². The Balaban J connectivity index is 3.35. The summed E-state index contributed by atoms with van der Waals surface area (Å²) in [7, 11) is 0. The van der Waals surface area contributed by atoms with E-state index < -0.39 is 29.9 Å². The third kappa shape index (κ3) is 4.53. The van der Waals surface area contributed by atoms with Crippen LogP contribution in [0.2, 0.25) is 0 Å². The lowest BCUT2D eigenvalue weighted by molar-refractivity contribution is -0.543. The molecular weight excluding hydrogens is 336 g/mol. The van der Waals surface area contributed by atoms with E-state index in [4.69, 9.17) is 23.7 Å². The van der Waals surface area contributed by atoms with Crippen LogP contribution in [-0.2, 0) is 38.1 Å². The van der Waals surface area contributed by atoms with Crippen molar-refractivity contribution in [3.8, 4) is 0 Å². The fourth-order valence-electron chi connectivity index (χ4n) is 1.47. The molecule has 0 aromatic carbocycles. The van der Waals surface area contributed by atoms with Crippen molar-refractivity contribution in [1.82, 2.24) is 0 Å². The number of carbonyl (C=O) groups is 3. The minimum atomic E-state index is -3.07. The quantitative estimate of drug-likeness (QED) is 0.416. The van der Waals surface area contributed by atoms with Gasteiger partial charge in [0.2, 0.25) is 0 Å². The third-order valence-corrected chi connectivity index (χ3v) is 2.79. The average Bonchev–Trinajstić information content (AvgIpc) is 2.49. The van der Waals surface area contributed by atoms with Gasteiger partial charge in [-0.2, -0.15) is 0 Å². The van der Waals surface area contributed by atoms with Crippen LogP contribution >= 0.6 is 0 Å². The van der Waals surface area contributed by atoms with Crippen molar-refractivity contribution in [3.05, 3.63) is 36.5 Å². The van der Waals surface area contributed by atoms with Crippen molar-refractivity contribution in [1.29, 1.82) is 0 Å². The Morgan fingerprint density at radius 2 is 1.16 bits per heavy atom. The summed E-state index contributed by atoms with van der Waals surface area (Å²) in [5.41, 5.74) is -0.309. The number of carbonyl (C=O) groups excluding carboxylic acids is 3. The summed E-state index contributed by atoms with van der Waals surface area (Å²) in [5.74, 6) is -9.27. The number of hydrogen-bond donors (Lipinski definition) is 1. The van der Waals surface area contributed by atoms with Gasteiger partial charge in [0.1, 0.15) is 0 Å². The maximum absolute atomic E-state index is 11.9. The molecule has 0 amide bonds. The minimum Gasteiger partial charge on any atom is -0.396 e. The second-order valence-electron chi connectivity index (χ2n) is 5.34.